The summed E-state index contributed by atoms with van der Waals surface area (Å²) < 4.78 is 3.60. The van der Waals surface area contributed by atoms with E-state index < -0.39 is 0 Å². The molecule has 104 valence electrons. The van der Waals surface area contributed by atoms with Gasteiger partial charge in [-0.05, 0) is 24.8 Å². The van der Waals surface area contributed by atoms with Gasteiger partial charge in [0.25, 0.3) is 5.56 Å². The smallest absolute Gasteiger partial charge is 0.262 e. The Bertz CT molecular complexity index is 787. The molecule has 0 amide bonds. The van der Waals surface area contributed by atoms with Crippen LogP contribution in [0.4, 0.5) is 0 Å². The number of hydrogen-bond acceptors (Lipinski definition) is 5. The second-order valence-corrected chi connectivity index (χ2v) is 5.55. The quantitative estimate of drug-likeness (QED) is 0.737. The van der Waals surface area contributed by atoms with E-state index in [1.807, 2.05) is 22.9 Å². The van der Waals surface area contributed by atoms with Crippen molar-refractivity contribution in [1.82, 2.24) is 24.3 Å². The summed E-state index contributed by atoms with van der Waals surface area (Å²) in [4.78, 5) is 17.6. The van der Waals surface area contributed by atoms with Gasteiger partial charge in [-0.15, -0.1) is 21.5 Å². The molecule has 6 nitrogen and oxygen atoms in total. The van der Waals surface area contributed by atoms with E-state index in [9.17, 15) is 4.79 Å². The molecule has 1 atom stereocenters. The molecule has 0 fully saturated rings. The Hall–Kier alpha value is -2.02. The third-order valence-corrected chi connectivity index (χ3v) is 4.13. The molecule has 0 bridgehead atoms. The zero-order valence-corrected chi connectivity index (χ0v) is 12.2. The predicted molar refractivity (Wildman–Crippen MR) is 78.0 cm³/mol. The van der Waals surface area contributed by atoms with Crippen molar-refractivity contribution >= 4 is 21.6 Å². The van der Waals surface area contributed by atoms with Gasteiger partial charge in [-0.25, -0.2) is 4.98 Å². The lowest BCUT2D eigenvalue weighted by Crippen LogP contribution is -2.26. The Kier molecular flexibility index (Phi) is 3.35. The van der Waals surface area contributed by atoms with E-state index in [1.165, 1.54) is 11.3 Å². The minimum atomic E-state index is -0.187. The first-order chi connectivity index (χ1) is 9.72. The first-order valence-corrected chi connectivity index (χ1v) is 7.42. The molecular weight excluding hydrogens is 274 g/mol. The van der Waals surface area contributed by atoms with E-state index in [1.54, 1.807) is 17.2 Å². The van der Waals surface area contributed by atoms with Crippen LogP contribution in [0.5, 0.6) is 0 Å². The van der Waals surface area contributed by atoms with Crippen molar-refractivity contribution in [3.63, 3.8) is 0 Å². The van der Waals surface area contributed by atoms with E-state index in [-0.39, 0.29) is 11.6 Å². The first-order valence-electron chi connectivity index (χ1n) is 6.54. The molecule has 0 spiro atoms. The average molecular weight is 289 g/mol. The molecule has 0 saturated heterocycles. The fourth-order valence-corrected chi connectivity index (χ4v) is 2.99. The lowest BCUT2D eigenvalue weighted by atomic mass is 10.3. The Morgan fingerprint density at radius 3 is 3.05 bits per heavy atom. The van der Waals surface area contributed by atoms with E-state index in [0.717, 1.165) is 23.6 Å². The fourth-order valence-electron chi connectivity index (χ4n) is 2.27. The van der Waals surface area contributed by atoms with Gasteiger partial charge in [0.2, 0.25) is 0 Å². The van der Waals surface area contributed by atoms with Crippen LogP contribution in [-0.2, 0) is 6.54 Å². The third kappa shape index (κ3) is 2.03. The predicted octanol–water partition coefficient (Wildman–Crippen LogP) is 2.07. The molecule has 3 heterocycles. The van der Waals surface area contributed by atoms with Crippen molar-refractivity contribution in [1.29, 1.82) is 0 Å². The van der Waals surface area contributed by atoms with Crippen LogP contribution in [0.15, 0.2) is 28.9 Å². The monoisotopic (exact) mass is 289 g/mol. The van der Waals surface area contributed by atoms with Gasteiger partial charge < -0.3 is 4.57 Å². The summed E-state index contributed by atoms with van der Waals surface area (Å²) in [5.74, 6) is 0.783. The van der Waals surface area contributed by atoms with E-state index in [0.29, 0.717) is 5.39 Å². The Morgan fingerprint density at radius 2 is 2.25 bits per heavy atom. The molecule has 7 heteroatoms. The van der Waals surface area contributed by atoms with Gasteiger partial charge in [0.15, 0.2) is 5.82 Å². The molecule has 1 unspecified atom stereocenters. The van der Waals surface area contributed by atoms with Crippen molar-refractivity contribution in [3.8, 4) is 0 Å². The van der Waals surface area contributed by atoms with Crippen LogP contribution in [-0.4, -0.2) is 24.3 Å². The number of aryl methyl sites for hydroxylation is 1. The van der Waals surface area contributed by atoms with Gasteiger partial charge in [-0.3, -0.25) is 9.36 Å². The topological polar surface area (TPSA) is 65.6 Å². The van der Waals surface area contributed by atoms with Crippen LogP contribution in [0, 0.1) is 0 Å². The van der Waals surface area contributed by atoms with Gasteiger partial charge in [-0.1, -0.05) is 6.92 Å². The van der Waals surface area contributed by atoms with Crippen molar-refractivity contribution in [2.45, 2.75) is 32.9 Å². The second-order valence-electron chi connectivity index (χ2n) is 4.65. The Morgan fingerprint density at radius 1 is 1.40 bits per heavy atom. The standard InChI is InChI=1S/C13H15N5OS/c1-3-5-17-8-15-16-11(17)9(2)18-7-14-12-10(13(18)19)4-6-20-12/h4,6-9H,3,5H2,1-2H3. The molecule has 0 aromatic carbocycles. The molecule has 0 aliphatic carbocycles. The van der Waals surface area contributed by atoms with Crippen molar-refractivity contribution in [3.05, 3.63) is 40.3 Å². The van der Waals surface area contributed by atoms with Gasteiger partial charge in [0.05, 0.1) is 17.8 Å². The normalized spacial score (nSPS) is 12.9. The highest BCUT2D eigenvalue weighted by molar-refractivity contribution is 7.16. The summed E-state index contributed by atoms with van der Waals surface area (Å²) in [6.45, 7) is 4.88. The zero-order chi connectivity index (χ0) is 14.1. The molecule has 0 saturated carbocycles. The summed E-state index contributed by atoms with van der Waals surface area (Å²) in [6.07, 6.45) is 4.29. The lowest BCUT2D eigenvalue weighted by molar-refractivity contribution is 0.525. The maximum atomic E-state index is 12.5. The van der Waals surface area contributed by atoms with Gasteiger partial charge in [0.1, 0.15) is 11.2 Å². The second kappa shape index (κ2) is 5.16. The van der Waals surface area contributed by atoms with Gasteiger partial charge >= 0.3 is 0 Å². The molecule has 3 aromatic rings. The molecular formula is C13H15N5OS. The third-order valence-electron chi connectivity index (χ3n) is 3.31. The number of rotatable bonds is 4. The fraction of sp³-hybridized carbons (Fsp3) is 0.385. The largest absolute Gasteiger partial charge is 0.316 e. The summed E-state index contributed by atoms with van der Waals surface area (Å²) in [7, 11) is 0. The Labute approximate surface area is 119 Å². The van der Waals surface area contributed by atoms with Gasteiger partial charge in [-0.2, -0.15) is 0 Å². The highest BCUT2D eigenvalue weighted by atomic mass is 32.1. The maximum absolute atomic E-state index is 12.5. The van der Waals surface area contributed by atoms with E-state index in [2.05, 4.69) is 22.1 Å². The molecule has 0 aliphatic rings. The number of hydrogen-bond donors (Lipinski definition) is 0. The molecule has 20 heavy (non-hydrogen) atoms. The molecule has 0 radical (unpaired) electrons. The SMILES string of the molecule is CCCn1cnnc1C(C)n1cnc2sccc2c1=O. The lowest BCUT2D eigenvalue weighted by Gasteiger charge is -2.15. The van der Waals surface area contributed by atoms with Gasteiger partial charge in [0, 0.05) is 6.54 Å². The summed E-state index contributed by atoms with van der Waals surface area (Å²) in [5.41, 5.74) is -0.0326. The van der Waals surface area contributed by atoms with Crippen molar-refractivity contribution in [2.24, 2.45) is 0 Å². The number of aromatic nitrogens is 5. The van der Waals surface area contributed by atoms with Crippen LogP contribution >= 0.6 is 11.3 Å². The molecule has 3 aromatic heterocycles. The minimum Gasteiger partial charge on any atom is -0.316 e. The minimum absolute atomic E-state index is 0.0326. The van der Waals surface area contributed by atoms with Crippen LogP contribution in [0.25, 0.3) is 10.2 Å². The number of thiophene rings is 1. The van der Waals surface area contributed by atoms with E-state index >= 15 is 0 Å². The van der Waals surface area contributed by atoms with Crippen molar-refractivity contribution < 1.29 is 0 Å². The highest BCUT2D eigenvalue weighted by Crippen LogP contribution is 2.17. The summed E-state index contributed by atoms with van der Waals surface area (Å²) in [6, 6.07) is 1.63. The number of fused-ring (bicyclic) bond motifs is 1. The molecule has 0 N–H and O–H groups in total. The van der Waals surface area contributed by atoms with Crippen LogP contribution in [0.1, 0.15) is 32.1 Å². The average Bonchev–Trinajstić information content (AvgIpc) is 3.07. The van der Waals surface area contributed by atoms with Crippen LogP contribution in [0.2, 0.25) is 0 Å². The maximum Gasteiger partial charge on any atom is 0.262 e. The zero-order valence-electron chi connectivity index (χ0n) is 11.4. The first kappa shape index (κ1) is 13.0. The Balaban J connectivity index is 2.07. The highest BCUT2D eigenvalue weighted by Gasteiger charge is 2.17. The number of nitrogens with zero attached hydrogens (tertiary/aromatic N) is 5. The van der Waals surface area contributed by atoms with Crippen LogP contribution in [0.3, 0.4) is 0 Å². The molecule has 0 aliphatic heterocycles. The van der Waals surface area contributed by atoms with Crippen molar-refractivity contribution in [2.75, 3.05) is 0 Å². The van der Waals surface area contributed by atoms with Crippen LogP contribution < -0.4 is 5.56 Å². The molecule has 3 rings (SSSR count). The summed E-state index contributed by atoms with van der Waals surface area (Å²) >= 11 is 1.47. The summed E-state index contributed by atoms with van der Waals surface area (Å²) in [5, 5.41) is 10.6. The van der Waals surface area contributed by atoms with E-state index in [4.69, 9.17) is 0 Å².